The number of benzene rings is 1. The number of rotatable bonds is 5. The molecule has 27 heavy (non-hydrogen) atoms. The number of imidazole rings is 1. The van der Waals surface area contributed by atoms with Crippen LogP contribution in [0.15, 0.2) is 48.0 Å². The molecular formula is C20H20ClN3O2S. The number of hydrogen-bond donors (Lipinski definition) is 1. The van der Waals surface area contributed by atoms with Crippen LogP contribution < -0.4 is 0 Å². The minimum absolute atomic E-state index is 0.0411. The number of aromatic nitrogens is 2. The van der Waals surface area contributed by atoms with Gasteiger partial charge in [-0.1, -0.05) is 41.9 Å². The van der Waals surface area contributed by atoms with Gasteiger partial charge in [-0.3, -0.25) is 9.20 Å². The summed E-state index contributed by atoms with van der Waals surface area (Å²) in [5.74, 6) is -0.0565. The van der Waals surface area contributed by atoms with E-state index in [9.17, 15) is 9.90 Å². The fourth-order valence-electron chi connectivity index (χ4n) is 3.61. The number of aliphatic hydroxyl groups excluding tert-OH is 1. The summed E-state index contributed by atoms with van der Waals surface area (Å²) in [5.41, 5.74) is 1.60. The highest BCUT2D eigenvalue weighted by atomic mass is 35.5. The van der Waals surface area contributed by atoms with Crippen molar-refractivity contribution < 1.29 is 9.90 Å². The molecule has 3 aromatic rings. The molecule has 1 amide bonds. The minimum Gasteiger partial charge on any atom is -0.388 e. The topological polar surface area (TPSA) is 57.8 Å². The zero-order chi connectivity index (χ0) is 18.8. The smallest absolute Gasteiger partial charge is 0.246 e. The Hall–Kier alpha value is -2.15. The van der Waals surface area contributed by atoms with Gasteiger partial charge >= 0.3 is 0 Å². The molecule has 0 spiro atoms. The molecule has 1 aromatic carbocycles. The lowest BCUT2D eigenvalue weighted by molar-refractivity contribution is -0.127. The minimum atomic E-state index is -0.566. The average molecular weight is 402 g/mol. The van der Waals surface area contributed by atoms with Crippen LogP contribution in [0.25, 0.3) is 11.0 Å². The summed E-state index contributed by atoms with van der Waals surface area (Å²) in [7, 11) is 0. The standard InChI is InChI=1S/C20H20ClN3O2S/c21-19-16(24-11-12-27-20(24)22-19)8-9-18(26)23-10-4-7-15(23)13-17(25)14-5-2-1-3-6-14/h1-3,5-6,8-9,11-12,15,17,25H,4,7,10,13H2. The highest BCUT2D eigenvalue weighted by Gasteiger charge is 2.29. The van der Waals surface area contributed by atoms with Crippen molar-refractivity contribution in [3.63, 3.8) is 0 Å². The molecule has 0 saturated carbocycles. The largest absolute Gasteiger partial charge is 0.388 e. The van der Waals surface area contributed by atoms with Crippen molar-refractivity contribution >= 4 is 39.9 Å². The predicted octanol–water partition coefficient (Wildman–Crippen LogP) is 4.18. The Balaban J connectivity index is 1.46. The first kappa shape index (κ1) is 18.2. The third-order valence-electron chi connectivity index (χ3n) is 4.98. The van der Waals surface area contributed by atoms with E-state index in [1.807, 2.05) is 51.2 Å². The van der Waals surface area contributed by atoms with Gasteiger partial charge in [-0.15, -0.1) is 11.3 Å². The van der Waals surface area contributed by atoms with Crippen LogP contribution in [-0.2, 0) is 4.79 Å². The van der Waals surface area contributed by atoms with E-state index in [1.54, 1.807) is 12.2 Å². The average Bonchev–Trinajstić information content (AvgIpc) is 3.37. The Morgan fingerprint density at radius 1 is 1.41 bits per heavy atom. The summed E-state index contributed by atoms with van der Waals surface area (Å²) in [4.78, 5) is 19.7. The first-order chi connectivity index (χ1) is 13.1. The van der Waals surface area contributed by atoms with Gasteiger partial charge in [0.1, 0.15) is 0 Å². The number of carbonyl (C=O) groups excluding carboxylic acids is 1. The fourth-order valence-corrected chi connectivity index (χ4v) is 4.62. The van der Waals surface area contributed by atoms with Crippen molar-refractivity contribution in [1.29, 1.82) is 0 Å². The number of aliphatic hydroxyl groups is 1. The number of thiazole rings is 1. The number of nitrogens with zero attached hydrogens (tertiary/aromatic N) is 3. The van der Waals surface area contributed by atoms with E-state index < -0.39 is 6.10 Å². The van der Waals surface area contributed by atoms with Gasteiger partial charge in [0.2, 0.25) is 5.91 Å². The maximum absolute atomic E-state index is 12.7. The lowest BCUT2D eigenvalue weighted by atomic mass is 10.0. The molecule has 0 bridgehead atoms. The van der Waals surface area contributed by atoms with Gasteiger partial charge in [0.15, 0.2) is 10.1 Å². The third kappa shape index (κ3) is 3.78. The van der Waals surface area contributed by atoms with Gasteiger partial charge in [-0.25, -0.2) is 4.98 Å². The second-order valence-electron chi connectivity index (χ2n) is 6.67. The summed E-state index contributed by atoms with van der Waals surface area (Å²) in [6, 6.07) is 9.63. The summed E-state index contributed by atoms with van der Waals surface area (Å²) in [6.07, 6.45) is 7.01. The molecule has 3 heterocycles. The first-order valence-corrected chi connectivity index (χ1v) is 10.2. The molecule has 2 unspecified atom stereocenters. The van der Waals surface area contributed by atoms with E-state index in [0.29, 0.717) is 23.8 Å². The highest BCUT2D eigenvalue weighted by Crippen LogP contribution is 2.28. The van der Waals surface area contributed by atoms with Crippen LogP contribution in [0.4, 0.5) is 0 Å². The highest BCUT2D eigenvalue weighted by molar-refractivity contribution is 7.15. The fraction of sp³-hybridized carbons (Fsp3) is 0.300. The Bertz CT molecular complexity index is 966. The Morgan fingerprint density at radius 3 is 3.04 bits per heavy atom. The van der Waals surface area contributed by atoms with Gasteiger partial charge in [0, 0.05) is 30.2 Å². The lowest BCUT2D eigenvalue weighted by Gasteiger charge is -2.25. The third-order valence-corrected chi connectivity index (χ3v) is 6.01. The van der Waals surface area contributed by atoms with Crippen molar-refractivity contribution in [2.45, 2.75) is 31.4 Å². The molecule has 7 heteroatoms. The molecule has 1 saturated heterocycles. The van der Waals surface area contributed by atoms with Gasteiger partial charge in [0.25, 0.3) is 0 Å². The molecule has 4 rings (SSSR count). The molecule has 140 valence electrons. The van der Waals surface area contributed by atoms with Gasteiger partial charge in [-0.05, 0) is 30.9 Å². The van der Waals surface area contributed by atoms with E-state index in [4.69, 9.17) is 11.6 Å². The maximum atomic E-state index is 12.7. The second-order valence-corrected chi connectivity index (χ2v) is 7.90. The zero-order valence-corrected chi connectivity index (χ0v) is 16.2. The molecule has 1 aliphatic rings. The van der Waals surface area contributed by atoms with E-state index in [1.165, 1.54) is 11.3 Å². The number of likely N-dealkylation sites (tertiary alicyclic amines) is 1. The molecule has 1 aliphatic heterocycles. The van der Waals surface area contributed by atoms with Crippen molar-refractivity contribution in [3.8, 4) is 0 Å². The SMILES string of the molecule is O=C(C=Cc1c(Cl)nc2sccn12)N1CCCC1CC(O)c1ccccc1. The lowest BCUT2D eigenvalue weighted by Crippen LogP contribution is -2.35. The van der Waals surface area contributed by atoms with Crippen molar-refractivity contribution in [2.75, 3.05) is 6.54 Å². The van der Waals surface area contributed by atoms with E-state index in [-0.39, 0.29) is 11.9 Å². The second kappa shape index (κ2) is 7.84. The van der Waals surface area contributed by atoms with Gasteiger partial charge < -0.3 is 10.0 Å². The Labute approximate surface area is 166 Å². The Morgan fingerprint density at radius 2 is 2.22 bits per heavy atom. The van der Waals surface area contributed by atoms with Crippen LogP contribution in [0.5, 0.6) is 0 Å². The molecule has 5 nitrogen and oxygen atoms in total. The first-order valence-electron chi connectivity index (χ1n) is 8.96. The maximum Gasteiger partial charge on any atom is 0.246 e. The van der Waals surface area contributed by atoms with Gasteiger partial charge in [0.05, 0.1) is 11.8 Å². The van der Waals surface area contributed by atoms with Crippen LogP contribution in [0.3, 0.4) is 0 Å². The number of halogens is 1. The van der Waals surface area contributed by atoms with Crippen molar-refractivity contribution in [2.24, 2.45) is 0 Å². The van der Waals surface area contributed by atoms with Crippen molar-refractivity contribution in [3.05, 3.63) is 64.4 Å². The van der Waals surface area contributed by atoms with Crippen LogP contribution in [0.2, 0.25) is 5.15 Å². The van der Waals surface area contributed by atoms with Gasteiger partial charge in [-0.2, -0.15) is 0 Å². The van der Waals surface area contributed by atoms with E-state index >= 15 is 0 Å². The number of amides is 1. The van der Waals surface area contributed by atoms with E-state index in [0.717, 1.165) is 23.4 Å². The van der Waals surface area contributed by atoms with E-state index in [2.05, 4.69) is 4.98 Å². The monoisotopic (exact) mass is 401 g/mol. The summed E-state index contributed by atoms with van der Waals surface area (Å²) >= 11 is 7.68. The molecule has 1 fully saturated rings. The van der Waals surface area contributed by atoms with Crippen LogP contribution in [0, 0.1) is 0 Å². The number of hydrogen-bond acceptors (Lipinski definition) is 4. The summed E-state index contributed by atoms with van der Waals surface area (Å²) in [5, 5.41) is 12.8. The Kier molecular flexibility index (Phi) is 5.29. The summed E-state index contributed by atoms with van der Waals surface area (Å²) in [6.45, 7) is 0.712. The molecule has 2 atom stereocenters. The number of fused-ring (bicyclic) bond motifs is 1. The van der Waals surface area contributed by atoms with Crippen LogP contribution in [-0.4, -0.2) is 37.9 Å². The van der Waals surface area contributed by atoms with Crippen molar-refractivity contribution in [1.82, 2.24) is 14.3 Å². The zero-order valence-electron chi connectivity index (χ0n) is 14.7. The molecule has 1 N–H and O–H groups in total. The number of carbonyl (C=O) groups is 1. The summed E-state index contributed by atoms with van der Waals surface area (Å²) < 4.78 is 1.87. The quantitative estimate of drug-likeness (QED) is 0.652. The van der Waals surface area contributed by atoms with Crippen LogP contribution in [0.1, 0.15) is 36.6 Å². The predicted molar refractivity (Wildman–Crippen MR) is 108 cm³/mol. The molecule has 0 radical (unpaired) electrons. The molecule has 0 aliphatic carbocycles. The van der Waals surface area contributed by atoms with Crippen LogP contribution >= 0.6 is 22.9 Å². The molecular weight excluding hydrogens is 382 g/mol. The molecule has 2 aromatic heterocycles. The normalized spacial score (nSPS) is 18.6.